The molecule has 3 heteroatoms. The lowest BCUT2D eigenvalue weighted by Crippen LogP contribution is -2.56. The third-order valence-corrected chi connectivity index (χ3v) is 5.12. The zero-order chi connectivity index (χ0) is 9.73. The van der Waals surface area contributed by atoms with Crippen molar-refractivity contribution in [1.82, 2.24) is 4.98 Å². The summed E-state index contributed by atoms with van der Waals surface area (Å²) in [5.41, 5.74) is 5.47. The zero-order valence-corrected chi connectivity index (χ0v) is 9.38. The lowest BCUT2D eigenvalue weighted by Gasteiger charge is -2.23. The highest BCUT2D eigenvalue weighted by molar-refractivity contribution is 6.87. The molecule has 1 aromatic rings. The SMILES string of the molecule is C[Si](C)(NCCN)c1ccccc1. The monoisotopic (exact) mass is 194 g/mol. The lowest BCUT2D eigenvalue weighted by molar-refractivity contribution is 0.881. The van der Waals surface area contributed by atoms with Gasteiger partial charge >= 0.3 is 0 Å². The molecule has 2 nitrogen and oxygen atoms in total. The van der Waals surface area contributed by atoms with Crippen LogP contribution in [0.25, 0.3) is 0 Å². The second kappa shape index (κ2) is 4.55. The topological polar surface area (TPSA) is 38.0 Å². The minimum atomic E-state index is -1.43. The fourth-order valence-electron chi connectivity index (χ4n) is 1.34. The van der Waals surface area contributed by atoms with E-state index in [0.717, 1.165) is 6.54 Å². The Kier molecular flexibility index (Phi) is 3.66. The van der Waals surface area contributed by atoms with Crippen LogP contribution in [0.3, 0.4) is 0 Å². The van der Waals surface area contributed by atoms with Crippen LogP contribution in [0.4, 0.5) is 0 Å². The Morgan fingerprint density at radius 2 is 1.85 bits per heavy atom. The van der Waals surface area contributed by atoms with Crippen LogP contribution in [0.5, 0.6) is 0 Å². The van der Waals surface area contributed by atoms with Crippen molar-refractivity contribution in [3.05, 3.63) is 30.3 Å². The highest BCUT2D eigenvalue weighted by Crippen LogP contribution is 1.97. The van der Waals surface area contributed by atoms with Crippen LogP contribution in [-0.4, -0.2) is 21.3 Å². The molecule has 3 N–H and O–H groups in total. The molecule has 0 aromatic heterocycles. The van der Waals surface area contributed by atoms with Crippen molar-refractivity contribution < 1.29 is 0 Å². The Bertz CT molecular complexity index is 246. The number of nitrogens with one attached hydrogen (secondary N) is 1. The van der Waals surface area contributed by atoms with Crippen molar-refractivity contribution in [3.63, 3.8) is 0 Å². The average molecular weight is 194 g/mol. The molecule has 0 unspecified atom stereocenters. The van der Waals surface area contributed by atoms with E-state index >= 15 is 0 Å². The van der Waals surface area contributed by atoms with Crippen LogP contribution in [0, 0.1) is 0 Å². The molecule has 0 spiro atoms. The van der Waals surface area contributed by atoms with Gasteiger partial charge < -0.3 is 10.7 Å². The lowest BCUT2D eigenvalue weighted by atomic mass is 10.4. The molecule has 0 saturated heterocycles. The van der Waals surface area contributed by atoms with Gasteiger partial charge in [-0.2, -0.15) is 0 Å². The van der Waals surface area contributed by atoms with Crippen LogP contribution < -0.4 is 15.9 Å². The first-order valence-electron chi connectivity index (χ1n) is 4.67. The van der Waals surface area contributed by atoms with Crippen molar-refractivity contribution in [2.75, 3.05) is 13.1 Å². The number of benzene rings is 1. The summed E-state index contributed by atoms with van der Waals surface area (Å²) in [6, 6.07) is 10.6. The number of rotatable bonds is 4. The van der Waals surface area contributed by atoms with Gasteiger partial charge in [0, 0.05) is 13.1 Å². The summed E-state index contributed by atoms with van der Waals surface area (Å²) >= 11 is 0. The molecule has 0 aliphatic rings. The van der Waals surface area contributed by atoms with E-state index in [1.807, 2.05) is 0 Å². The maximum Gasteiger partial charge on any atom is 0.151 e. The van der Waals surface area contributed by atoms with Crippen LogP contribution >= 0.6 is 0 Å². The molecule has 0 aliphatic carbocycles. The van der Waals surface area contributed by atoms with E-state index in [4.69, 9.17) is 5.73 Å². The van der Waals surface area contributed by atoms with Crippen LogP contribution in [0.2, 0.25) is 13.1 Å². The van der Waals surface area contributed by atoms with Gasteiger partial charge in [-0.15, -0.1) is 0 Å². The molecule has 0 amide bonds. The first-order chi connectivity index (χ1) is 6.17. The van der Waals surface area contributed by atoms with Gasteiger partial charge in [0.1, 0.15) is 0 Å². The molecule has 0 heterocycles. The summed E-state index contributed by atoms with van der Waals surface area (Å²) in [6.07, 6.45) is 0. The quantitative estimate of drug-likeness (QED) is 0.691. The van der Waals surface area contributed by atoms with Crippen molar-refractivity contribution in [2.24, 2.45) is 5.73 Å². The molecule has 0 radical (unpaired) electrons. The Balaban J connectivity index is 2.69. The molecule has 0 aliphatic heterocycles. The van der Waals surface area contributed by atoms with Crippen LogP contribution in [0.1, 0.15) is 0 Å². The molecule has 13 heavy (non-hydrogen) atoms. The highest BCUT2D eigenvalue weighted by Gasteiger charge is 2.21. The van der Waals surface area contributed by atoms with Crippen molar-refractivity contribution in [2.45, 2.75) is 13.1 Å². The van der Waals surface area contributed by atoms with Gasteiger partial charge in [0.25, 0.3) is 0 Å². The van der Waals surface area contributed by atoms with E-state index in [-0.39, 0.29) is 0 Å². The second-order valence-corrected chi connectivity index (χ2v) is 7.89. The van der Waals surface area contributed by atoms with E-state index in [1.54, 1.807) is 0 Å². The fraction of sp³-hybridized carbons (Fsp3) is 0.400. The van der Waals surface area contributed by atoms with Crippen molar-refractivity contribution in [3.8, 4) is 0 Å². The normalized spacial score (nSPS) is 11.6. The Morgan fingerprint density at radius 1 is 1.23 bits per heavy atom. The summed E-state index contributed by atoms with van der Waals surface area (Å²) < 4.78 is 0. The molecular formula is C10H18N2Si. The number of nitrogens with two attached hydrogens (primary N) is 1. The molecule has 72 valence electrons. The summed E-state index contributed by atoms with van der Waals surface area (Å²) in [6.45, 7) is 6.23. The predicted octanol–water partition coefficient (Wildman–Crippen LogP) is 0.647. The Labute approximate surface area is 81.2 Å². The van der Waals surface area contributed by atoms with Gasteiger partial charge in [-0.25, -0.2) is 0 Å². The molecule has 0 bridgehead atoms. The largest absolute Gasteiger partial charge is 0.333 e. The molecule has 0 fully saturated rings. The standard InChI is InChI=1S/C10H18N2Si/c1-13(2,12-9-8-11)10-6-4-3-5-7-10/h3-7,12H,8-9,11H2,1-2H3. The average Bonchev–Trinajstić information content (AvgIpc) is 2.16. The van der Waals surface area contributed by atoms with Crippen LogP contribution in [-0.2, 0) is 0 Å². The van der Waals surface area contributed by atoms with Crippen molar-refractivity contribution in [1.29, 1.82) is 0 Å². The van der Waals surface area contributed by atoms with Gasteiger partial charge in [0.05, 0.1) is 0 Å². The first-order valence-corrected chi connectivity index (χ1v) is 7.67. The van der Waals surface area contributed by atoms with E-state index in [9.17, 15) is 0 Å². The van der Waals surface area contributed by atoms with Crippen LogP contribution in [0.15, 0.2) is 30.3 Å². The van der Waals surface area contributed by atoms with Gasteiger partial charge in [-0.05, 0) is 5.19 Å². The van der Waals surface area contributed by atoms with Gasteiger partial charge in [0.15, 0.2) is 8.24 Å². The predicted molar refractivity (Wildman–Crippen MR) is 60.6 cm³/mol. The Morgan fingerprint density at radius 3 is 2.38 bits per heavy atom. The first kappa shape index (κ1) is 10.4. The summed E-state index contributed by atoms with van der Waals surface area (Å²) in [7, 11) is -1.43. The highest BCUT2D eigenvalue weighted by atomic mass is 28.3. The smallest absolute Gasteiger partial charge is 0.151 e. The third kappa shape index (κ3) is 2.95. The molecule has 0 atom stereocenters. The molecule has 0 saturated carbocycles. The minimum Gasteiger partial charge on any atom is -0.333 e. The van der Waals surface area contributed by atoms with E-state index in [2.05, 4.69) is 48.4 Å². The molecule has 1 rings (SSSR count). The second-order valence-electron chi connectivity index (χ2n) is 3.71. The molecular weight excluding hydrogens is 176 g/mol. The van der Waals surface area contributed by atoms with E-state index < -0.39 is 8.24 Å². The molecule has 1 aromatic carbocycles. The Hall–Kier alpha value is -0.643. The maximum absolute atomic E-state index is 5.47. The fourth-order valence-corrected chi connectivity index (χ4v) is 3.34. The number of hydrogen-bond acceptors (Lipinski definition) is 2. The zero-order valence-electron chi connectivity index (χ0n) is 8.38. The number of hydrogen-bond donors (Lipinski definition) is 2. The minimum absolute atomic E-state index is 0.712. The van der Waals surface area contributed by atoms with E-state index in [1.165, 1.54) is 5.19 Å². The van der Waals surface area contributed by atoms with E-state index in [0.29, 0.717) is 6.54 Å². The van der Waals surface area contributed by atoms with Gasteiger partial charge in [-0.1, -0.05) is 43.4 Å². The summed E-state index contributed by atoms with van der Waals surface area (Å²) in [5, 5.41) is 1.43. The summed E-state index contributed by atoms with van der Waals surface area (Å²) in [5.74, 6) is 0. The van der Waals surface area contributed by atoms with Gasteiger partial charge in [0.2, 0.25) is 0 Å². The summed E-state index contributed by atoms with van der Waals surface area (Å²) in [4.78, 5) is 3.54. The van der Waals surface area contributed by atoms with Crippen molar-refractivity contribution >= 4 is 13.4 Å². The maximum atomic E-state index is 5.47. The third-order valence-electron chi connectivity index (χ3n) is 2.21. The van der Waals surface area contributed by atoms with Gasteiger partial charge in [-0.3, -0.25) is 0 Å².